The third kappa shape index (κ3) is 4.86. The fourth-order valence-corrected chi connectivity index (χ4v) is 2.07. The Morgan fingerprint density at radius 3 is 2.61 bits per heavy atom. The lowest BCUT2D eigenvalue weighted by atomic mass is 10.1. The zero-order valence-electron chi connectivity index (χ0n) is 12.1. The fraction of sp³-hybridized carbons (Fsp3) is 0.118. The zero-order chi connectivity index (χ0) is 17.0. The summed E-state index contributed by atoms with van der Waals surface area (Å²) in [6, 6.07) is 9.80. The molecule has 23 heavy (non-hydrogen) atoms. The number of hydrogen-bond donors (Lipinski definition) is 1. The minimum atomic E-state index is -4.41. The Morgan fingerprint density at radius 2 is 1.91 bits per heavy atom. The van der Waals surface area contributed by atoms with Crippen LogP contribution in [-0.2, 0) is 11.0 Å². The summed E-state index contributed by atoms with van der Waals surface area (Å²) in [6.45, 7) is 1.81. The van der Waals surface area contributed by atoms with E-state index in [0.29, 0.717) is 10.7 Å². The van der Waals surface area contributed by atoms with Gasteiger partial charge in [-0.1, -0.05) is 29.8 Å². The highest BCUT2D eigenvalue weighted by atomic mass is 35.5. The second-order valence-electron chi connectivity index (χ2n) is 4.91. The van der Waals surface area contributed by atoms with Crippen LogP contribution in [0.2, 0.25) is 5.02 Å². The average Bonchev–Trinajstić information content (AvgIpc) is 2.48. The molecule has 0 aliphatic carbocycles. The third-order valence-electron chi connectivity index (χ3n) is 3.10. The molecule has 1 N–H and O–H groups in total. The number of halogens is 4. The van der Waals surface area contributed by atoms with E-state index in [1.165, 1.54) is 24.3 Å². The van der Waals surface area contributed by atoms with Crippen molar-refractivity contribution in [3.8, 4) is 0 Å². The number of aryl methyl sites for hydroxylation is 1. The molecule has 6 heteroatoms. The summed E-state index contributed by atoms with van der Waals surface area (Å²) in [6.07, 6.45) is -1.91. The van der Waals surface area contributed by atoms with Crippen molar-refractivity contribution >= 4 is 29.3 Å². The predicted octanol–water partition coefficient (Wildman–Crippen LogP) is 5.32. The Balaban J connectivity index is 2.11. The summed E-state index contributed by atoms with van der Waals surface area (Å²) < 4.78 is 37.9. The van der Waals surface area contributed by atoms with Gasteiger partial charge in [0.2, 0.25) is 5.91 Å². The number of alkyl halides is 3. The van der Waals surface area contributed by atoms with Crippen molar-refractivity contribution in [2.45, 2.75) is 13.1 Å². The number of rotatable bonds is 3. The van der Waals surface area contributed by atoms with Crippen molar-refractivity contribution in [3.63, 3.8) is 0 Å². The average molecular weight is 340 g/mol. The van der Waals surface area contributed by atoms with Gasteiger partial charge in [-0.25, -0.2) is 0 Å². The summed E-state index contributed by atoms with van der Waals surface area (Å²) in [4.78, 5) is 11.9. The molecule has 0 aliphatic heterocycles. The highest BCUT2D eigenvalue weighted by Crippen LogP contribution is 2.29. The largest absolute Gasteiger partial charge is 0.416 e. The summed E-state index contributed by atoms with van der Waals surface area (Å²) in [7, 11) is 0. The lowest BCUT2D eigenvalue weighted by Crippen LogP contribution is -2.09. The van der Waals surface area contributed by atoms with Gasteiger partial charge in [0.15, 0.2) is 0 Å². The predicted molar refractivity (Wildman–Crippen MR) is 85.3 cm³/mol. The van der Waals surface area contributed by atoms with Crippen molar-refractivity contribution in [1.29, 1.82) is 0 Å². The molecular weight excluding hydrogens is 327 g/mol. The van der Waals surface area contributed by atoms with Gasteiger partial charge < -0.3 is 5.32 Å². The molecule has 0 unspecified atom stereocenters. The molecule has 2 rings (SSSR count). The fourth-order valence-electron chi connectivity index (χ4n) is 1.89. The van der Waals surface area contributed by atoms with Crippen molar-refractivity contribution in [1.82, 2.24) is 0 Å². The van der Waals surface area contributed by atoms with E-state index >= 15 is 0 Å². The summed E-state index contributed by atoms with van der Waals surface area (Å²) in [5.41, 5.74) is 0.912. The van der Waals surface area contributed by atoms with Gasteiger partial charge >= 0.3 is 6.18 Å². The Hall–Kier alpha value is -2.27. The minimum Gasteiger partial charge on any atom is -0.322 e. The van der Waals surface area contributed by atoms with Crippen LogP contribution in [0.4, 0.5) is 18.9 Å². The quantitative estimate of drug-likeness (QED) is 0.753. The van der Waals surface area contributed by atoms with Gasteiger partial charge in [0, 0.05) is 16.8 Å². The minimum absolute atomic E-state index is 0.290. The maximum Gasteiger partial charge on any atom is 0.416 e. The lowest BCUT2D eigenvalue weighted by molar-refractivity contribution is -0.137. The first kappa shape index (κ1) is 17.1. The van der Waals surface area contributed by atoms with Gasteiger partial charge in [0.05, 0.1) is 5.56 Å². The molecule has 0 bridgehead atoms. The lowest BCUT2D eigenvalue weighted by Gasteiger charge is -2.07. The van der Waals surface area contributed by atoms with Crippen molar-refractivity contribution < 1.29 is 18.0 Å². The van der Waals surface area contributed by atoms with Crippen LogP contribution in [0.25, 0.3) is 6.08 Å². The zero-order valence-corrected chi connectivity index (χ0v) is 12.9. The van der Waals surface area contributed by atoms with Crippen molar-refractivity contribution in [2.24, 2.45) is 0 Å². The molecule has 1 amide bonds. The van der Waals surface area contributed by atoms with Crippen LogP contribution in [0.3, 0.4) is 0 Å². The molecule has 0 fully saturated rings. The van der Waals surface area contributed by atoms with Crippen LogP contribution in [0.1, 0.15) is 16.7 Å². The topological polar surface area (TPSA) is 29.1 Å². The van der Waals surface area contributed by atoms with Gasteiger partial charge in [-0.2, -0.15) is 13.2 Å². The molecule has 0 spiro atoms. The van der Waals surface area contributed by atoms with Crippen LogP contribution < -0.4 is 5.32 Å². The number of carbonyl (C=O) groups excluding carboxylic acids is 1. The van der Waals surface area contributed by atoms with E-state index in [0.717, 1.165) is 17.7 Å². The number of anilines is 1. The first-order valence-corrected chi connectivity index (χ1v) is 7.06. The maximum absolute atomic E-state index is 12.6. The van der Waals surface area contributed by atoms with Crippen molar-refractivity contribution in [2.75, 3.05) is 5.32 Å². The Kier molecular flexibility index (Phi) is 5.11. The molecule has 2 nitrogen and oxygen atoms in total. The van der Waals surface area contributed by atoms with Gasteiger partial charge in [-0.15, -0.1) is 0 Å². The van der Waals surface area contributed by atoms with E-state index in [4.69, 9.17) is 11.6 Å². The van der Waals surface area contributed by atoms with E-state index in [2.05, 4.69) is 5.32 Å². The molecule has 120 valence electrons. The number of carbonyl (C=O) groups is 1. The Bertz CT molecular complexity index is 754. The number of nitrogens with one attached hydrogen (secondary N) is 1. The molecule has 0 aliphatic rings. The van der Waals surface area contributed by atoms with Crippen LogP contribution in [0.15, 0.2) is 48.5 Å². The Morgan fingerprint density at radius 1 is 1.17 bits per heavy atom. The van der Waals surface area contributed by atoms with Crippen molar-refractivity contribution in [3.05, 3.63) is 70.3 Å². The monoisotopic (exact) mass is 339 g/mol. The van der Waals surface area contributed by atoms with E-state index in [9.17, 15) is 18.0 Å². The van der Waals surface area contributed by atoms with E-state index < -0.39 is 17.6 Å². The van der Waals surface area contributed by atoms with Crippen LogP contribution in [-0.4, -0.2) is 5.91 Å². The normalized spacial score (nSPS) is 11.7. The molecule has 0 aromatic heterocycles. The number of benzene rings is 2. The van der Waals surface area contributed by atoms with E-state index in [-0.39, 0.29) is 5.56 Å². The van der Waals surface area contributed by atoms with Gasteiger partial charge in [0.25, 0.3) is 0 Å². The molecule has 0 radical (unpaired) electrons. The molecular formula is C17H13ClF3NO. The third-order valence-corrected chi connectivity index (χ3v) is 3.33. The van der Waals surface area contributed by atoms with E-state index in [1.807, 2.05) is 6.92 Å². The molecule has 0 saturated heterocycles. The van der Waals surface area contributed by atoms with Crippen LogP contribution >= 0.6 is 11.6 Å². The van der Waals surface area contributed by atoms with Gasteiger partial charge in [-0.3, -0.25) is 4.79 Å². The summed E-state index contributed by atoms with van der Waals surface area (Å²) in [5.74, 6) is -0.451. The van der Waals surface area contributed by atoms with Gasteiger partial charge in [-0.05, 0) is 48.4 Å². The highest BCUT2D eigenvalue weighted by Gasteiger charge is 2.30. The first-order chi connectivity index (χ1) is 10.8. The van der Waals surface area contributed by atoms with E-state index in [1.54, 1.807) is 18.2 Å². The first-order valence-electron chi connectivity index (χ1n) is 6.68. The smallest absolute Gasteiger partial charge is 0.322 e. The number of hydrogen-bond acceptors (Lipinski definition) is 1. The number of amides is 1. The summed E-state index contributed by atoms with van der Waals surface area (Å²) >= 11 is 5.86. The molecule has 0 heterocycles. The standard InChI is InChI=1S/C17H13ClF3NO/c1-11-5-7-14(18)10-15(11)22-16(23)8-6-12-3-2-4-13(9-12)17(19,20)21/h2-10H,1H3,(H,22,23)/b8-6+. The molecule has 2 aromatic carbocycles. The maximum atomic E-state index is 12.6. The SMILES string of the molecule is Cc1ccc(Cl)cc1NC(=O)/C=C/c1cccc(C(F)(F)F)c1. The summed E-state index contributed by atoms with van der Waals surface area (Å²) in [5, 5.41) is 3.11. The van der Waals surface area contributed by atoms with Crippen LogP contribution in [0.5, 0.6) is 0 Å². The molecule has 2 aromatic rings. The van der Waals surface area contributed by atoms with Crippen LogP contribution in [0, 0.1) is 6.92 Å². The van der Waals surface area contributed by atoms with Gasteiger partial charge in [0.1, 0.15) is 0 Å². The molecule has 0 saturated carbocycles. The second-order valence-corrected chi connectivity index (χ2v) is 5.34. The Labute approximate surface area is 136 Å². The highest BCUT2D eigenvalue weighted by molar-refractivity contribution is 6.31. The second kappa shape index (κ2) is 6.87. The molecule has 0 atom stereocenters.